The Morgan fingerprint density at radius 1 is 1.75 bits per heavy atom. The van der Waals surface area contributed by atoms with Gasteiger partial charge in [-0.2, -0.15) is 0 Å². The predicted molar refractivity (Wildman–Crippen MR) is 43.5 cm³/mol. The van der Waals surface area contributed by atoms with Gasteiger partial charge in [0.05, 0.1) is 0 Å². The van der Waals surface area contributed by atoms with Crippen molar-refractivity contribution in [3.05, 3.63) is 29.6 Å². The fraction of sp³-hybridized carbons (Fsp3) is 0.250. The van der Waals surface area contributed by atoms with Crippen molar-refractivity contribution in [2.75, 3.05) is 0 Å². The number of aromatic nitrogens is 1. The number of aryl methyl sites for hydroxylation is 1. The number of pyridine rings is 1. The number of carboxylic acids is 1. The van der Waals surface area contributed by atoms with Crippen LogP contribution < -0.4 is 5.73 Å². The third-order valence-electron chi connectivity index (χ3n) is 1.66. The maximum atomic E-state index is 10.5. The van der Waals surface area contributed by atoms with Crippen molar-refractivity contribution in [1.82, 2.24) is 4.98 Å². The molecule has 4 nitrogen and oxygen atoms in total. The molecule has 0 aliphatic rings. The summed E-state index contributed by atoms with van der Waals surface area (Å²) < 4.78 is 0. The summed E-state index contributed by atoms with van der Waals surface area (Å²) in [5.41, 5.74) is 6.82. The highest BCUT2D eigenvalue weighted by Crippen LogP contribution is 2.13. The van der Waals surface area contributed by atoms with Gasteiger partial charge in [-0.15, -0.1) is 0 Å². The van der Waals surface area contributed by atoms with Crippen LogP contribution in [0.15, 0.2) is 18.5 Å². The van der Waals surface area contributed by atoms with Crippen LogP contribution in [0.3, 0.4) is 0 Å². The van der Waals surface area contributed by atoms with E-state index in [1.54, 1.807) is 19.2 Å². The third-order valence-corrected chi connectivity index (χ3v) is 1.66. The third kappa shape index (κ3) is 1.60. The molecule has 4 heteroatoms. The molecule has 0 aliphatic heterocycles. The molecular weight excluding hydrogens is 156 g/mol. The van der Waals surface area contributed by atoms with E-state index in [1.807, 2.05) is 0 Å². The molecule has 1 aromatic heterocycles. The van der Waals surface area contributed by atoms with E-state index in [4.69, 9.17) is 10.8 Å². The largest absolute Gasteiger partial charge is 0.480 e. The molecule has 1 rings (SSSR count). The first-order valence-corrected chi connectivity index (χ1v) is 3.52. The number of carbonyl (C=O) groups is 1. The van der Waals surface area contributed by atoms with E-state index in [0.29, 0.717) is 5.56 Å². The van der Waals surface area contributed by atoms with Gasteiger partial charge in [0.25, 0.3) is 0 Å². The lowest BCUT2D eigenvalue weighted by molar-refractivity contribution is -0.138. The molecule has 0 radical (unpaired) electrons. The molecule has 0 spiro atoms. The number of nitrogens with zero attached hydrogens (tertiary/aromatic N) is 1. The maximum absolute atomic E-state index is 10.5. The van der Waals surface area contributed by atoms with E-state index in [2.05, 4.69) is 4.98 Å². The summed E-state index contributed by atoms with van der Waals surface area (Å²) in [5.74, 6) is -1.02. The number of nitrogens with two attached hydrogens (primary N) is 1. The molecule has 1 unspecified atom stereocenters. The summed E-state index contributed by atoms with van der Waals surface area (Å²) in [4.78, 5) is 14.3. The van der Waals surface area contributed by atoms with Gasteiger partial charge in [-0.1, -0.05) is 0 Å². The first kappa shape index (κ1) is 8.67. The lowest BCUT2D eigenvalue weighted by Crippen LogP contribution is -2.21. The van der Waals surface area contributed by atoms with Gasteiger partial charge in [0, 0.05) is 12.4 Å². The van der Waals surface area contributed by atoms with Gasteiger partial charge in [0.15, 0.2) is 0 Å². The van der Waals surface area contributed by atoms with E-state index in [-0.39, 0.29) is 0 Å². The Balaban J connectivity index is 3.02. The van der Waals surface area contributed by atoms with Crippen molar-refractivity contribution in [2.24, 2.45) is 5.73 Å². The van der Waals surface area contributed by atoms with Crippen LogP contribution in [0.5, 0.6) is 0 Å². The van der Waals surface area contributed by atoms with Gasteiger partial charge in [-0.05, 0) is 24.1 Å². The second-order valence-corrected chi connectivity index (χ2v) is 2.55. The Bertz CT molecular complexity index is 299. The molecule has 1 atom stereocenters. The molecule has 0 saturated carbocycles. The van der Waals surface area contributed by atoms with Crippen LogP contribution in [0.1, 0.15) is 17.2 Å². The summed E-state index contributed by atoms with van der Waals surface area (Å²) in [6, 6.07) is 0.668. The second kappa shape index (κ2) is 3.32. The van der Waals surface area contributed by atoms with Crippen LogP contribution in [-0.2, 0) is 4.79 Å². The molecule has 0 aliphatic carbocycles. The number of hydrogen-bond acceptors (Lipinski definition) is 3. The molecule has 3 N–H and O–H groups in total. The van der Waals surface area contributed by atoms with Gasteiger partial charge in [-0.25, -0.2) is 0 Å². The fourth-order valence-electron chi connectivity index (χ4n) is 0.966. The standard InChI is InChI=1S/C8H10N2O2/c1-5-4-10-3-2-6(5)7(9)8(11)12/h2-4,7H,9H2,1H3,(H,11,12). The summed E-state index contributed by atoms with van der Waals surface area (Å²) in [6.07, 6.45) is 3.13. The smallest absolute Gasteiger partial charge is 0.325 e. The monoisotopic (exact) mass is 166 g/mol. The zero-order chi connectivity index (χ0) is 9.14. The fourth-order valence-corrected chi connectivity index (χ4v) is 0.966. The predicted octanol–water partition coefficient (Wildman–Crippen LogP) is 0.474. The number of rotatable bonds is 2. The molecule has 0 fully saturated rings. The number of carboxylic acid groups (broad SMARTS) is 1. The van der Waals surface area contributed by atoms with Gasteiger partial charge in [-0.3, -0.25) is 9.78 Å². The summed E-state index contributed by atoms with van der Waals surface area (Å²) in [5, 5.41) is 8.61. The minimum absolute atomic E-state index is 0.609. The van der Waals surface area contributed by atoms with E-state index < -0.39 is 12.0 Å². The highest BCUT2D eigenvalue weighted by Gasteiger charge is 2.15. The van der Waals surface area contributed by atoms with Crippen molar-refractivity contribution in [1.29, 1.82) is 0 Å². The topological polar surface area (TPSA) is 76.2 Å². The summed E-state index contributed by atoms with van der Waals surface area (Å²) in [6.45, 7) is 1.78. The van der Waals surface area contributed by atoms with Crippen molar-refractivity contribution < 1.29 is 9.90 Å². The van der Waals surface area contributed by atoms with Crippen LogP contribution in [0.25, 0.3) is 0 Å². The van der Waals surface area contributed by atoms with E-state index in [0.717, 1.165) is 5.56 Å². The minimum Gasteiger partial charge on any atom is -0.480 e. The summed E-state index contributed by atoms with van der Waals surface area (Å²) in [7, 11) is 0. The van der Waals surface area contributed by atoms with Gasteiger partial charge >= 0.3 is 5.97 Å². The Labute approximate surface area is 70.0 Å². The SMILES string of the molecule is Cc1cnccc1C(N)C(=O)O. The van der Waals surface area contributed by atoms with Gasteiger partial charge in [0.2, 0.25) is 0 Å². The lowest BCUT2D eigenvalue weighted by Gasteiger charge is -2.08. The first-order chi connectivity index (χ1) is 5.63. The molecule has 64 valence electrons. The average Bonchev–Trinajstić information content (AvgIpc) is 2.04. The van der Waals surface area contributed by atoms with E-state index in [9.17, 15) is 4.79 Å². The zero-order valence-electron chi connectivity index (χ0n) is 6.69. The maximum Gasteiger partial charge on any atom is 0.325 e. The van der Waals surface area contributed by atoms with E-state index >= 15 is 0 Å². The molecule has 1 heterocycles. The van der Waals surface area contributed by atoms with Gasteiger partial charge in [0.1, 0.15) is 6.04 Å². The molecular formula is C8H10N2O2. The normalized spacial score (nSPS) is 12.5. The minimum atomic E-state index is -1.02. The number of aliphatic carboxylic acids is 1. The molecule has 0 amide bonds. The summed E-state index contributed by atoms with van der Waals surface area (Å²) >= 11 is 0. The molecule has 0 bridgehead atoms. The van der Waals surface area contributed by atoms with Crippen molar-refractivity contribution in [2.45, 2.75) is 13.0 Å². The number of hydrogen-bond donors (Lipinski definition) is 2. The Hall–Kier alpha value is -1.42. The molecule has 1 aromatic rings. The Morgan fingerprint density at radius 2 is 2.42 bits per heavy atom. The highest BCUT2D eigenvalue weighted by molar-refractivity contribution is 5.75. The molecule has 0 saturated heterocycles. The van der Waals surface area contributed by atoms with Crippen molar-refractivity contribution in [3.8, 4) is 0 Å². The van der Waals surface area contributed by atoms with Crippen LogP contribution in [0, 0.1) is 6.92 Å². The van der Waals surface area contributed by atoms with Crippen molar-refractivity contribution in [3.63, 3.8) is 0 Å². The van der Waals surface area contributed by atoms with Gasteiger partial charge < -0.3 is 10.8 Å². The highest BCUT2D eigenvalue weighted by atomic mass is 16.4. The van der Waals surface area contributed by atoms with Crippen LogP contribution in [0.4, 0.5) is 0 Å². The Morgan fingerprint density at radius 3 is 2.92 bits per heavy atom. The quantitative estimate of drug-likeness (QED) is 0.669. The van der Waals surface area contributed by atoms with Crippen LogP contribution in [0.2, 0.25) is 0 Å². The van der Waals surface area contributed by atoms with E-state index in [1.165, 1.54) is 6.20 Å². The Kier molecular flexibility index (Phi) is 2.40. The zero-order valence-corrected chi connectivity index (χ0v) is 6.69. The lowest BCUT2D eigenvalue weighted by atomic mass is 10.1. The second-order valence-electron chi connectivity index (χ2n) is 2.55. The molecule has 12 heavy (non-hydrogen) atoms. The molecule has 0 aromatic carbocycles. The van der Waals surface area contributed by atoms with Crippen LogP contribution >= 0.6 is 0 Å². The van der Waals surface area contributed by atoms with Crippen LogP contribution in [-0.4, -0.2) is 16.1 Å². The average molecular weight is 166 g/mol. The van der Waals surface area contributed by atoms with Crippen molar-refractivity contribution >= 4 is 5.97 Å². The first-order valence-electron chi connectivity index (χ1n) is 3.52.